The van der Waals surface area contributed by atoms with Crippen molar-refractivity contribution in [2.24, 2.45) is 62.6 Å². The maximum atomic E-state index is 12.8. The molecule has 190 valence electrons. The van der Waals surface area contributed by atoms with Gasteiger partial charge >= 0.3 is 5.97 Å². The molecule has 0 amide bonds. The second-order valence-corrected chi connectivity index (χ2v) is 14.4. The third kappa shape index (κ3) is 2.55. The minimum absolute atomic E-state index is 0.0371. The number of aliphatic carboxylic acids is 1. The van der Waals surface area contributed by atoms with Gasteiger partial charge in [0.15, 0.2) is 0 Å². The molecule has 0 unspecified atom stereocenters. The van der Waals surface area contributed by atoms with E-state index in [4.69, 9.17) is 0 Å². The van der Waals surface area contributed by atoms with Crippen LogP contribution in [0.1, 0.15) is 92.9 Å². The number of allylic oxidation sites excluding steroid dienone is 1. The minimum atomic E-state index is -0.602. The van der Waals surface area contributed by atoms with Crippen molar-refractivity contribution >= 4 is 12.3 Å². The lowest BCUT2D eigenvalue weighted by molar-refractivity contribution is -0.225. The lowest BCUT2D eigenvalue weighted by Crippen LogP contribution is -2.65. The van der Waals surface area contributed by atoms with Gasteiger partial charge in [-0.3, -0.25) is 4.79 Å². The number of aliphatic hydroxyl groups excluding tert-OH is 1. The summed E-state index contributed by atoms with van der Waals surface area (Å²) in [5.41, 5.74) is 0.153. The van der Waals surface area contributed by atoms with Gasteiger partial charge in [0.25, 0.3) is 0 Å². The third-order valence-electron chi connectivity index (χ3n) is 13.5. The van der Waals surface area contributed by atoms with Gasteiger partial charge in [-0.2, -0.15) is 0 Å². The summed E-state index contributed by atoms with van der Waals surface area (Å²) < 4.78 is 0. The van der Waals surface area contributed by atoms with Gasteiger partial charge in [0.2, 0.25) is 0 Å². The second kappa shape index (κ2) is 7.20. The Morgan fingerprint density at radius 3 is 2.18 bits per heavy atom. The molecule has 0 aromatic heterocycles. The number of hydrogen-bond donors (Lipinski definition) is 2. The van der Waals surface area contributed by atoms with Gasteiger partial charge in [0.05, 0.1) is 11.5 Å². The summed E-state index contributed by atoms with van der Waals surface area (Å²) in [4.78, 5) is 25.2. The molecule has 0 radical (unpaired) electrons. The number of hydrogen-bond acceptors (Lipinski definition) is 3. The molecule has 4 nitrogen and oxygen atoms in total. The smallest absolute Gasteiger partial charge is 0.309 e. The highest BCUT2D eigenvalue weighted by molar-refractivity contribution is 5.76. The molecular weight excluding hydrogens is 424 g/mol. The van der Waals surface area contributed by atoms with E-state index in [1.165, 1.54) is 0 Å². The van der Waals surface area contributed by atoms with Crippen molar-refractivity contribution in [2.75, 3.05) is 0 Å². The molecule has 5 rings (SSSR count). The predicted molar refractivity (Wildman–Crippen MR) is 133 cm³/mol. The Labute approximate surface area is 206 Å². The number of carbonyl (C=O) groups is 2. The summed E-state index contributed by atoms with van der Waals surface area (Å²) in [5.74, 6) is 0.617. The summed E-state index contributed by atoms with van der Waals surface area (Å²) >= 11 is 0. The van der Waals surface area contributed by atoms with Crippen LogP contribution in [0.2, 0.25) is 0 Å². The van der Waals surface area contributed by atoms with E-state index in [0.717, 1.165) is 63.2 Å². The lowest BCUT2D eigenvalue weighted by atomic mass is 9.34. The van der Waals surface area contributed by atoms with Crippen LogP contribution in [-0.4, -0.2) is 28.6 Å². The highest BCUT2D eigenvalue weighted by Gasteiger charge is 2.74. The third-order valence-corrected chi connectivity index (χ3v) is 13.5. The molecule has 0 bridgehead atoms. The summed E-state index contributed by atoms with van der Waals surface area (Å²) in [5, 5.41) is 21.8. The lowest BCUT2D eigenvalue weighted by Gasteiger charge is -2.70. The number of carboxylic acid groups (broad SMARTS) is 1. The van der Waals surface area contributed by atoms with Crippen LogP contribution >= 0.6 is 0 Å². The van der Waals surface area contributed by atoms with Gasteiger partial charge in [-0.15, -0.1) is 0 Å². The van der Waals surface area contributed by atoms with E-state index in [9.17, 15) is 19.8 Å². The first-order valence-corrected chi connectivity index (χ1v) is 13.8. The van der Waals surface area contributed by atoms with Crippen LogP contribution < -0.4 is 0 Å². The molecule has 0 saturated heterocycles. The van der Waals surface area contributed by atoms with Crippen molar-refractivity contribution in [2.45, 2.75) is 99.0 Å². The van der Waals surface area contributed by atoms with Gasteiger partial charge in [-0.05, 0) is 110 Å². The van der Waals surface area contributed by atoms with Crippen molar-refractivity contribution in [1.29, 1.82) is 0 Å². The Bertz CT molecular complexity index is 923. The average Bonchev–Trinajstić information content (AvgIpc) is 3.22. The maximum absolute atomic E-state index is 12.8. The first-order valence-electron chi connectivity index (χ1n) is 13.8. The Morgan fingerprint density at radius 1 is 0.912 bits per heavy atom. The largest absolute Gasteiger partial charge is 0.481 e. The number of carboxylic acids is 1. The summed E-state index contributed by atoms with van der Waals surface area (Å²) in [6, 6.07) is 0. The Kier molecular flexibility index (Phi) is 5.20. The van der Waals surface area contributed by atoms with Crippen molar-refractivity contribution in [1.82, 2.24) is 0 Å². The Balaban J connectivity index is 1.61. The van der Waals surface area contributed by atoms with Crippen LogP contribution in [0.15, 0.2) is 12.2 Å². The SMILES string of the molecule is C=C(C)[C@H]1CC[C@@]2(C(=O)O)CC[C@]3(C)[C@H](CC[C@H]4[C@@]5(C)[C@H](C=O)[C@@H](O)C(C)(C)[C@H]5CC[C@@]43C)[C@@H]12. The monoisotopic (exact) mass is 470 g/mol. The molecule has 0 aromatic rings. The number of carbonyl (C=O) groups excluding carboxylic acids is 1. The first kappa shape index (κ1) is 24.5. The average molecular weight is 471 g/mol. The molecule has 5 aliphatic rings. The molecule has 5 fully saturated rings. The van der Waals surface area contributed by atoms with Crippen LogP contribution in [0.3, 0.4) is 0 Å². The van der Waals surface area contributed by atoms with E-state index in [1.807, 2.05) is 0 Å². The van der Waals surface area contributed by atoms with E-state index in [2.05, 4.69) is 48.1 Å². The van der Waals surface area contributed by atoms with Gasteiger partial charge in [0.1, 0.15) is 6.29 Å². The van der Waals surface area contributed by atoms with Gasteiger partial charge in [-0.1, -0.05) is 46.8 Å². The molecule has 2 N–H and O–H groups in total. The van der Waals surface area contributed by atoms with Crippen LogP contribution in [0, 0.1) is 62.6 Å². The highest BCUT2D eigenvalue weighted by Crippen LogP contribution is 2.78. The first-order chi connectivity index (χ1) is 15.7. The van der Waals surface area contributed by atoms with Crippen molar-refractivity contribution < 1.29 is 19.8 Å². The topological polar surface area (TPSA) is 74.6 Å². The fraction of sp³-hybridized carbons (Fsp3) is 0.867. The Morgan fingerprint density at radius 2 is 1.59 bits per heavy atom. The summed E-state index contributed by atoms with van der Waals surface area (Å²) in [7, 11) is 0. The normalized spacial score (nSPS) is 55.4. The van der Waals surface area contributed by atoms with Crippen molar-refractivity contribution in [3.05, 3.63) is 12.2 Å². The van der Waals surface area contributed by atoms with Crippen LogP contribution in [-0.2, 0) is 9.59 Å². The number of fused-ring (bicyclic) bond motifs is 7. The molecule has 34 heavy (non-hydrogen) atoms. The fourth-order valence-electron chi connectivity index (χ4n) is 11.7. The van der Waals surface area contributed by atoms with Crippen LogP contribution in [0.25, 0.3) is 0 Å². The zero-order valence-corrected chi connectivity index (χ0v) is 22.2. The van der Waals surface area contributed by atoms with Crippen molar-refractivity contribution in [3.8, 4) is 0 Å². The molecule has 4 heteroatoms. The highest BCUT2D eigenvalue weighted by atomic mass is 16.4. The molecule has 0 aliphatic heterocycles. The molecule has 11 atom stereocenters. The zero-order chi connectivity index (χ0) is 25.1. The van der Waals surface area contributed by atoms with Gasteiger partial charge in [0, 0.05) is 5.92 Å². The van der Waals surface area contributed by atoms with Crippen LogP contribution in [0.5, 0.6) is 0 Å². The molecule has 5 aliphatic carbocycles. The van der Waals surface area contributed by atoms with E-state index in [1.54, 1.807) is 0 Å². The molecule has 0 aromatic carbocycles. The summed E-state index contributed by atoms with van der Waals surface area (Å²) in [6.45, 7) is 18.0. The van der Waals surface area contributed by atoms with Gasteiger partial charge < -0.3 is 15.0 Å². The van der Waals surface area contributed by atoms with E-state index in [-0.39, 0.29) is 33.5 Å². The predicted octanol–water partition coefficient (Wildman–Crippen LogP) is 6.12. The van der Waals surface area contributed by atoms with E-state index in [0.29, 0.717) is 23.7 Å². The maximum Gasteiger partial charge on any atom is 0.309 e. The minimum Gasteiger partial charge on any atom is -0.481 e. The molecule has 0 heterocycles. The second-order valence-electron chi connectivity index (χ2n) is 14.4. The van der Waals surface area contributed by atoms with E-state index >= 15 is 0 Å². The number of aldehydes is 1. The number of rotatable bonds is 3. The van der Waals surface area contributed by atoms with E-state index < -0.39 is 17.5 Å². The quantitative estimate of drug-likeness (QED) is 0.385. The molecule has 5 saturated carbocycles. The van der Waals surface area contributed by atoms with Crippen molar-refractivity contribution in [3.63, 3.8) is 0 Å². The molecular formula is C30H46O4. The number of aliphatic hydroxyl groups is 1. The summed E-state index contributed by atoms with van der Waals surface area (Å²) in [6.07, 6.45) is 8.13. The fourth-order valence-corrected chi connectivity index (χ4v) is 11.7. The standard InChI is InChI=1S/C30H46O4/c1-17(2)18-10-13-30(25(33)34)15-14-27(5)19(23(18)30)8-9-22-28(27,6)12-11-21-26(3,4)24(32)20(16-31)29(21,22)7/h16,18-24,32H,1,8-15H2,2-7H3,(H,33,34)/t18-,19-,20-,21-,22-,23-,24-,27-,28+,29+,30-/m1/s1. The molecule has 0 spiro atoms. The van der Waals surface area contributed by atoms with Crippen LogP contribution in [0.4, 0.5) is 0 Å². The zero-order valence-electron chi connectivity index (χ0n) is 22.2. The Hall–Kier alpha value is -1.16. The van der Waals surface area contributed by atoms with Gasteiger partial charge in [-0.25, -0.2) is 0 Å².